The molecular weight excluding hydrogens is 379 g/mol. The van der Waals surface area contributed by atoms with Crippen LogP contribution in [0.15, 0.2) is 48.5 Å². The molecule has 0 aliphatic carbocycles. The maximum Gasteiger partial charge on any atom is 0.416 e. The zero-order chi connectivity index (χ0) is 21.0. The number of hydrogen-bond donors (Lipinski definition) is 2. The molecule has 0 spiro atoms. The lowest BCUT2D eigenvalue weighted by molar-refractivity contribution is -0.137. The monoisotopic (exact) mass is 405 g/mol. The van der Waals surface area contributed by atoms with Crippen molar-refractivity contribution < 1.29 is 18.0 Å². The highest BCUT2D eigenvalue weighted by atomic mass is 19.4. The van der Waals surface area contributed by atoms with E-state index in [1.165, 1.54) is 12.1 Å². The van der Waals surface area contributed by atoms with Gasteiger partial charge in [0.1, 0.15) is 0 Å². The predicted molar refractivity (Wildman–Crippen MR) is 108 cm³/mol. The Morgan fingerprint density at radius 3 is 2.31 bits per heavy atom. The lowest BCUT2D eigenvalue weighted by atomic mass is 9.93. The number of alkyl halides is 3. The van der Waals surface area contributed by atoms with Crippen molar-refractivity contribution in [3.05, 3.63) is 65.2 Å². The topological polar surface area (TPSA) is 44.4 Å². The molecule has 1 fully saturated rings. The van der Waals surface area contributed by atoms with Crippen LogP contribution in [0.1, 0.15) is 29.0 Å². The van der Waals surface area contributed by atoms with E-state index in [2.05, 4.69) is 10.6 Å². The molecule has 0 radical (unpaired) electrons. The van der Waals surface area contributed by atoms with Gasteiger partial charge in [0.25, 0.3) is 0 Å². The number of benzene rings is 2. The molecule has 0 aromatic heterocycles. The van der Waals surface area contributed by atoms with Crippen LogP contribution in [0.2, 0.25) is 0 Å². The molecule has 7 heteroatoms. The Morgan fingerprint density at radius 2 is 1.72 bits per heavy atom. The molecule has 2 atom stereocenters. The average molecular weight is 405 g/mol. The molecule has 0 bridgehead atoms. The molecule has 1 amide bonds. The number of carbonyl (C=O) groups is 1. The van der Waals surface area contributed by atoms with Crippen molar-refractivity contribution in [1.29, 1.82) is 0 Å². The molecule has 29 heavy (non-hydrogen) atoms. The lowest BCUT2D eigenvalue weighted by Crippen LogP contribution is -2.39. The summed E-state index contributed by atoms with van der Waals surface area (Å²) >= 11 is 0. The molecule has 2 aromatic carbocycles. The predicted octanol–water partition coefficient (Wildman–Crippen LogP) is 3.58. The van der Waals surface area contributed by atoms with Crippen LogP contribution in [0, 0.1) is 0 Å². The van der Waals surface area contributed by atoms with E-state index in [4.69, 9.17) is 0 Å². The first kappa shape index (κ1) is 21.2. The summed E-state index contributed by atoms with van der Waals surface area (Å²) in [5.41, 5.74) is 2.34. The molecule has 3 rings (SSSR count). The van der Waals surface area contributed by atoms with E-state index in [1.54, 1.807) is 0 Å². The van der Waals surface area contributed by atoms with Gasteiger partial charge in [-0.05, 0) is 41.8 Å². The highest BCUT2D eigenvalue weighted by Crippen LogP contribution is 2.31. The third-order valence-corrected chi connectivity index (χ3v) is 5.32. The molecule has 1 aliphatic rings. The summed E-state index contributed by atoms with van der Waals surface area (Å²) in [5, 5.41) is 6.26. The fourth-order valence-corrected chi connectivity index (χ4v) is 3.60. The van der Waals surface area contributed by atoms with Crippen LogP contribution in [0.4, 0.5) is 18.9 Å². The van der Waals surface area contributed by atoms with E-state index < -0.39 is 11.7 Å². The second kappa shape index (κ2) is 8.86. The zero-order valence-electron chi connectivity index (χ0n) is 16.6. The Balaban J connectivity index is 1.55. The molecular formula is C22H26F3N3O. The maximum atomic E-state index is 12.8. The van der Waals surface area contributed by atoms with Crippen molar-refractivity contribution in [3.63, 3.8) is 0 Å². The fraction of sp³-hybridized carbons (Fsp3) is 0.409. The van der Waals surface area contributed by atoms with Crippen LogP contribution in [-0.2, 0) is 17.4 Å². The summed E-state index contributed by atoms with van der Waals surface area (Å²) < 4.78 is 38.3. The number of nitrogens with one attached hydrogen (secondary N) is 2. The SMILES string of the molecule is CN(C)c1ccc(CCC(=O)N[C@H]2CNC[C@@H]2c2ccc(C(F)(F)F)cc2)cc1. The first-order valence-corrected chi connectivity index (χ1v) is 9.67. The Morgan fingerprint density at radius 1 is 1.07 bits per heavy atom. The summed E-state index contributed by atoms with van der Waals surface area (Å²) in [7, 11) is 3.95. The van der Waals surface area contributed by atoms with Gasteiger partial charge in [0.2, 0.25) is 5.91 Å². The van der Waals surface area contributed by atoms with Crippen molar-refractivity contribution in [3.8, 4) is 0 Å². The molecule has 1 heterocycles. The van der Waals surface area contributed by atoms with Crippen molar-refractivity contribution >= 4 is 11.6 Å². The van der Waals surface area contributed by atoms with Gasteiger partial charge < -0.3 is 15.5 Å². The van der Waals surface area contributed by atoms with Crippen molar-refractivity contribution in [2.24, 2.45) is 0 Å². The number of halogens is 3. The quantitative estimate of drug-likeness (QED) is 0.772. The minimum Gasteiger partial charge on any atom is -0.378 e. The number of amides is 1. The van der Waals surface area contributed by atoms with E-state index in [9.17, 15) is 18.0 Å². The molecule has 0 unspecified atom stereocenters. The van der Waals surface area contributed by atoms with Crippen LogP contribution < -0.4 is 15.5 Å². The summed E-state index contributed by atoms with van der Waals surface area (Å²) in [6.07, 6.45) is -3.33. The summed E-state index contributed by atoms with van der Waals surface area (Å²) in [4.78, 5) is 14.4. The Kier molecular flexibility index (Phi) is 6.47. The molecule has 156 valence electrons. The first-order chi connectivity index (χ1) is 13.7. The van der Waals surface area contributed by atoms with Crippen molar-refractivity contribution in [2.45, 2.75) is 31.0 Å². The molecule has 4 nitrogen and oxygen atoms in total. The molecule has 2 N–H and O–H groups in total. The minimum absolute atomic E-state index is 0.0411. The van der Waals surface area contributed by atoms with Crippen molar-refractivity contribution in [2.75, 3.05) is 32.1 Å². The van der Waals surface area contributed by atoms with Crippen LogP contribution in [-0.4, -0.2) is 39.1 Å². The van der Waals surface area contributed by atoms with Gasteiger partial charge in [-0.25, -0.2) is 0 Å². The fourth-order valence-electron chi connectivity index (χ4n) is 3.60. The highest BCUT2D eigenvalue weighted by molar-refractivity contribution is 5.76. The summed E-state index contributed by atoms with van der Waals surface area (Å²) in [6, 6.07) is 13.2. The van der Waals surface area contributed by atoms with Crippen molar-refractivity contribution in [1.82, 2.24) is 10.6 Å². The molecule has 0 saturated carbocycles. The molecule has 1 aliphatic heterocycles. The van der Waals surface area contributed by atoms with Gasteiger partial charge in [-0.1, -0.05) is 24.3 Å². The number of aryl methyl sites for hydroxylation is 1. The largest absolute Gasteiger partial charge is 0.416 e. The Labute approximate surface area is 169 Å². The average Bonchev–Trinajstić information content (AvgIpc) is 3.14. The summed E-state index contributed by atoms with van der Waals surface area (Å²) in [5.74, 6) is -0.0899. The van der Waals surface area contributed by atoms with Crippen LogP contribution in [0.25, 0.3) is 0 Å². The number of nitrogens with zero attached hydrogens (tertiary/aromatic N) is 1. The van der Waals surface area contributed by atoms with Gasteiger partial charge in [0.05, 0.1) is 5.56 Å². The lowest BCUT2D eigenvalue weighted by Gasteiger charge is -2.21. The van der Waals surface area contributed by atoms with Gasteiger partial charge in [0.15, 0.2) is 0 Å². The third kappa shape index (κ3) is 5.50. The minimum atomic E-state index is -4.34. The zero-order valence-corrected chi connectivity index (χ0v) is 16.6. The smallest absolute Gasteiger partial charge is 0.378 e. The van der Waals surface area contributed by atoms with Crippen LogP contribution in [0.3, 0.4) is 0 Å². The van der Waals surface area contributed by atoms with Gasteiger partial charge in [-0.2, -0.15) is 13.2 Å². The van der Waals surface area contributed by atoms with E-state index >= 15 is 0 Å². The Bertz CT molecular complexity index is 817. The van der Waals surface area contributed by atoms with Gasteiger partial charge in [0, 0.05) is 51.3 Å². The van der Waals surface area contributed by atoms with Gasteiger partial charge in [-0.15, -0.1) is 0 Å². The first-order valence-electron chi connectivity index (χ1n) is 9.67. The summed E-state index contributed by atoms with van der Waals surface area (Å²) in [6.45, 7) is 1.23. The standard InChI is InChI=1S/C22H26F3N3O/c1-28(2)18-10-3-15(4-11-18)5-12-21(29)27-20-14-26-13-19(20)16-6-8-17(9-7-16)22(23,24)25/h3-4,6-11,19-20,26H,5,12-14H2,1-2H3,(H,27,29)/t19-,20+/m1/s1. The Hall–Kier alpha value is -2.54. The highest BCUT2D eigenvalue weighted by Gasteiger charge is 2.32. The molecule has 1 saturated heterocycles. The van der Waals surface area contributed by atoms with Crippen LogP contribution in [0.5, 0.6) is 0 Å². The van der Waals surface area contributed by atoms with E-state index in [-0.39, 0.29) is 17.9 Å². The second-order valence-corrected chi connectivity index (χ2v) is 7.62. The van der Waals surface area contributed by atoms with E-state index in [0.29, 0.717) is 25.9 Å². The third-order valence-electron chi connectivity index (χ3n) is 5.32. The maximum absolute atomic E-state index is 12.8. The second-order valence-electron chi connectivity index (χ2n) is 7.62. The van der Waals surface area contributed by atoms with Gasteiger partial charge in [-0.3, -0.25) is 4.79 Å². The number of hydrogen-bond acceptors (Lipinski definition) is 3. The number of anilines is 1. The van der Waals surface area contributed by atoms with Crippen LogP contribution >= 0.6 is 0 Å². The number of carbonyl (C=O) groups excluding carboxylic acids is 1. The normalized spacial score (nSPS) is 19.2. The molecule has 2 aromatic rings. The number of rotatable bonds is 6. The van der Waals surface area contributed by atoms with E-state index in [0.717, 1.165) is 28.9 Å². The van der Waals surface area contributed by atoms with E-state index in [1.807, 2.05) is 43.3 Å². The van der Waals surface area contributed by atoms with Gasteiger partial charge >= 0.3 is 6.18 Å².